The Morgan fingerprint density at radius 1 is 1.39 bits per heavy atom. The molecule has 0 unspecified atom stereocenters. The normalized spacial score (nSPS) is 22.4. The van der Waals surface area contributed by atoms with Gasteiger partial charge >= 0.3 is 12.1 Å². The molecule has 0 aromatic carbocycles. The molecule has 2 atom stereocenters. The zero-order valence-corrected chi connectivity index (χ0v) is 16.1. The first-order valence-corrected chi connectivity index (χ1v) is 9.10. The number of hydrogen-bond donors (Lipinski definition) is 1. The monoisotopic (exact) mass is 401 g/mol. The quantitative estimate of drug-likeness (QED) is 0.837. The van der Waals surface area contributed by atoms with Gasteiger partial charge in [0.15, 0.2) is 0 Å². The van der Waals surface area contributed by atoms with Gasteiger partial charge < -0.3 is 24.6 Å². The van der Waals surface area contributed by atoms with Crippen LogP contribution in [0.2, 0.25) is 0 Å². The summed E-state index contributed by atoms with van der Waals surface area (Å²) in [7, 11) is 0. The van der Waals surface area contributed by atoms with Gasteiger partial charge in [-0.15, -0.1) is 0 Å². The molecule has 3 heterocycles. The second-order valence-electron chi connectivity index (χ2n) is 7.83. The van der Waals surface area contributed by atoms with Crippen molar-refractivity contribution in [2.24, 2.45) is 0 Å². The number of rotatable bonds is 3. The highest BCUT2D eigenvalue weighted by atomic mass is 19.3. The Kier molecular flexibility index (Phi) is 5.73. The third kappa shape index (κ3) is 4.89. The molecule has 2 aliphatic heterocycles. The average molecular weight is 401 g/mol. The molecular formula is C17H25F2N5O4. The van der Waals surface area contributed by atoms with Crippen LogP contribution in [0.3, 0.4) is 0 Å². The maximum absolute atomic E-state index is 12.7. The van der Waals surface area contributed by atoms with Crippen molar-refractivity contribution in [3.05, 3.63) is 12.4 Å². The van der Waals surface area contributed by atoms with Gasteiger partial charge in [-0.25, -0.2) is 18.4 Å². The van der Waals surface area contributed by atoms with Crippen molar-refractivity contribution in [3.8, 4) is 0 Å². The zero-order valence-electron chi connectivity index (χ0n) is 16.1. The number of aromatic nitrogens is 2. The molecule has 3 rings (SSSR count). The van der Waals surface area contributed by atoms with Crippen molar-refractivity contribution in [1.29, 1.82) is 0 Å². The summed E-state index contributed by atoms with van der Waals surface area (Å²) in [5.41, 5.74) is -0.281. The minimum absolute atomic E-state index is 0.298. The van der Waals surface area contributed by atoms with Gasteiger partial charge in [0.2, 0.25) is 0 Å². The van der Waals surface area contributed by atoms with Crippen LogP contribution in [0, 0.1) is 0 Å². The SMILES string of the molecule is CC(C)(C)OC(=O)N1C[C@@H]2OCCN(C(=O)Nc3cnn(CC(F)F)c3)[C@@H]2C1. The number of morpholine rings is 1. The molecule has 156 valence electrons. The molecule has 0 aliphatic carbocycles. The molecule has 0 bridgehead atoms. The van der Waals surface area contributed by atoms with Crippen molar-refractivity contribution in [2.75, 3.05) is 31.6 Å². The van der Waals surface area contributed by atoms with Gasteiger partial charge in [0.05, 0.1) is 37.2 Å². The molecule has 3 amide bonds. The number of halogens is 2. The largest absolute Gasteiger partial charge is 0.444 e. The number of likely N-dealkylation sites (tertiary alicyclic amines) is 1. The Bertz CT molecular complexity index is 721. The van der Waals surface area contributed by atoms with Crippen LogP contribution in [0.5, 0.6) is 0 Å². The maximum Gasteiger partial charge on any atom is 0.410 e. The molecule has 9 nitrogen and oxygen atoms in total. The summed E-state index contributed by atoms with van der Waals surface area (Å²) in [6.07, 6.45) is -0.600. The highest BCUT2D eigenvalue weighted by molar-refractivity contribution is 5.89. The number of ether oxygens (including phenoxy) is 2. The Balaban J connectivity index is 1.62. The first kappa shape index (κ1) is 20.3. The number of nitrogens with zero attached hydrogens (tertiary/aromatic N) is 4. The standard InChI is InChI=1S/C17H25F2N5O4/c1-17(2,3)28-16(26)22-8-12-13(9-22)27-5-4-24(12)15(25)21-11-6-20-23(7-11)10-14(18)19/h6-7,12-14H,4-5,8-10H2,1-3H3,(H,21,25)/t12-,13+/m1/s1. The van der Waals surface area contributed by atoms with Gasteiger partial charge in [0.1, 0.15) is 12.1 Å². The Labute approximate surface area is 161 Å². The van der Waals surface area contributed by atoms with E-state index in [-0.39, 0.29) is 18.2 Å². The average Bonchev–Trinajstić information content (AvgIpc) is 3.18. The zero-order chi connectivity index (χ0) is 20.5. The molecule has 1 aromatic rings. The number of anilines is 1. The Hall–Kier alpha value is -2.43. The van der Waals surface area contributed by atoms with Crippen molar-refractivity contribution in [1.82, 2.24) is 19.6 Å². The second-order valence-corrected chi connectivity index (χ2v) is 7.83. The Morgan fingerprint density at radius 2 is 2.14 bits per heavy atom. The van der Waals surface area contributed by atoms with Crippen molar-refractivity contribution < 1.29 is 27.8 Å². The third-order valence-electron chi connectivity index (χ3n) is 4.42. The number of nitrogens with one attached hydrogen (secondary N) is 1. The van der Waals surface area contributed by atoms with Crippen molar-refractivity contribution >= 4 is 17.8 Å². The molecule has 11 heteroatoms. The lowest BCUT2D eigenvalue weighted by atomic mass is 10.1. The fourth-order valence-electron chi connectivity index (χ4n) is 3.28. The van der Waals surface area contributed by atoms with E-state index in [1.807, 2.05) is 0 Å². The summed E-state index contributed by atoms with van der Waals surface area (Å²) < 4.78 is 37.0. The summed E-state index contributed by atoms with van der Waals surface area (Å²) in [6.45, 7) is 6.19. The smallest absolute Gasteiger partial charge is 0.410 e. The predicted molar refractivity (Wildman–Crippen MR) is 95.3 cm³/mol. The molecular weight excluding hydrogens is 376 g/mol. The third-order valence-corrected chi connectivity index (χ3v) is 4.42. The van der Waals surface area contributed by atoms with Crippen molar-refractivity contribution in [3.63, 3.8) is 0 Å². The van der Waals surface area contributed by atoms with Crippen LogP contribution in [-0.4, -0.2) is 82.1 Å². The van der Waals surface area contributed by atoms with Crippen LogP contribution in [0.4, 0.5) is 24.1 Å². The number of urea groups is 1. The number of amides is 3. The minimum atomic E-state index is -2.53. The maximum atomic E-state index is 12.7. The van der Waals surface area contributed by atoms with Gasteiger partial charge in [-0.3, -0.25) is 4.68 Å². The van der Waals surface area contributed by atoms with E-state index in [4.69, 9.17) is 9.47 Å². The molecule has 0 saturated carbocycles. The van der Waals surface area contributed by atoms with E-state index in [2.05, 4.69) is 10.4 Å². The second kappa shape index (κ2) is 7.90. The van der Waals surface area contributed by atoms with Crippen LogP contribution in [0.1, 0.15) is 20.8 Å². The lowest BCUT2D eigenvalue weighted by Gasteiger charge is -2.36. The van der Waals surface area contributed by atoms with Gasteiger partial charge in [-0.05, 0) is 20.8 Å². The van der Waals surface area contributed by atoms with E-state index in [9.17, 15) is 18.4 Å². The molecule has 1 aromatic heterocycles. The van der Waals surface area contributed by atoms with E-state index in [0.29, 0.717) is 31.9 Å². The molecule has 0 spiro atoms. The fourth-order valence-corrected chi connectivity index (χ4v) is 3.28. The summed E-state index contributed by atoms with van der Waals surface area (Å²) in [6, 6.07) is -0.696. The summed E-state index contributed by atoms with van der Waals surface area (Å²) in [5, 5.41) is 6.47. The van der Waals surface area contributed by atoms with Gasteiger partial charge in [-0.2, -0.15) is 5.10 Å². The number of alkyl halides is 2. The molecule has 2 fully saturated rings. The van der Waals surface area contributed by atoms with E-state index in [0.717, 1.165) is 4.68 Å². The highest BCUT2D eigenvalue weighted by Gasteiger charge is 2.44. The number of carbonyl (C=O) groups is 2. The molecule has 1 N–H and O–H groups in total. The predicted octanol–water partition coefficient (Wildman–Crippen LogP) is 2.00. The Morgan fingerprint density at radius 3 is 2.82 bits per heavy atom. The first-order chi connectivity index (χ1) is 13.1. The summed E-state index contributed by atoms with van der Waals surface area (Å²) in [5.74, 6) is 0. The van der Waals surface area contributed by atoms with E-state index >= 15 is 0 Å². The van der Waals surface area contributed by atoms with Crippen LogP contribution in [-0.2, 0) is 16.0 Å². The van der Waals surface area contributed by atoms with Gasteiger partial charge in [0, 0.05) is 19.3 Å². The summed E-state index contributed by atoms with van der Waals surface area (Å²) in [4.78, 5) is 28.1. The van der Waals surface area contributed by atoms with Crippen molar-refractivity contribution in [2.45, 2.75) is 51.5 Å². The fraction of sp³-hybridized carbons (Fsp3) is 0.706. The lowest BCUT2D eigenvalue weighted by molar-refractivity contribution is -0.0285. The first-order valence-electron chi connectivity index (χ1n) is 9.10. The molecule has 2 aliphatic rings. The molecule has 2 saturated heterocycles. The highest BCUT2D eigenvalue weighted by Crippen LogP contribution is 2.25. The number of fused-ring (bicyclic) bond motifs is 1. The van der Waals surface area contributed by atoms with Crippen LogP contribution in [0.15, 0.2) is 12.4 Å². The summed E-state index contributed by atoms with van der Waals surface area (Å²) >= 11 is 0. The van der Waals surface area contributed by atoms with E-state index < -0.39 is 24.7 Å². The van der Waals surface area contributed by atoms with Crippen LogP contribution < -0.4 is 5.32 Å². The lowest BCUT2D eigenvalue weighted by Crippen LogP contribution is -2.54. The van der Waals surface area contributed by atoms with Gasteiger partial charge in [-0.1, -0.05) is 0 Å². The van der Waals surface area contributed by atoms with E-state index in [1.165, 1.54) is 17.3 Å². The minimum Gasteiger partial charge on any atom is -0.444 e. The van der Waals surface area contributed by atoms with Gasteiger partial charge in [0.25, 0.3) is 6.43 Å². The number of hydrogen-bond acceptors (Lipinski definition) is 5. The van der Waals surface area contributed by atoms with Crippen LogP contribution >= 0.6 is 0 Å². The number of carbonyl (C=O) groups excluding carboxylic acids is 2. The van der Waals surface area contributed by atoms with Crippen LogP contribution in [0.25, 0.3) is 0 Å². The molecule has 28 heavy (non-hydrogen) atoms. The van der Waals surface area contributed by atoms with E-state index in [1.54, 1.807) is 25.7 Å². The molecule has 0 radical (unpaired) electrons. The topological polar surface area (TPSA) is 88.9 Å².